The summed E-state index contributed by atoms with van der Waals surface area (Å²) in [6.45, 7) is 5.82. The van der Waals surface area contributed by atoms with Gasteiger partial charge in [-0.3, -0.25) is 0 Å². The van der Waals surface area contributed by atoms with Crippen molar-refractivity contribution in [3.8, 4) is 5.69 Å². The van der Waals surface area contributed by atoms with Gasteiger partial charge in [-0.1, -0.05) is 12.1 Å². The molecule has 0 unspecified atom stereocenters. The number of hydrogen-bond donors (Lipinski definition) is 0. The fourth-order valence-corrected chi connectivity index (χ4v) is 2.88. The van der Waals surface area contributed by atoms with E-state index in [4.69, 9.17) is 0 Å². The van der Waals surface area contributed by atoms with Gasteiger partial charge >= 0.3 is 0 Å². The predicted molar refractivity (Wildman–Crippen MR) is 80.1 cm³/mol. The van der Waals surface area contributed by atoms with Crippen molar-refractivity contribution < 1.29 is 0 Å². The molecule has 0 saturated carbocycles. The quantitative estimate of drug-likeness (QED) is 0.837. The molecule has 1 aromatic carbocycles. The molecule has 3 rings (SSSR count). The van der Waals surface area contributed by atoms with Gasteiger partial charge in [-0.25, -0.2) is 9.67 Å². The van der Waals surface area contributed by atoms with E-state index in [1.165, 1.54) is 38.0 Å². The van der Waals surface area contributed by atoms with Crippen LogP contribution in [0.4, 0.5) is 0 Å². The summed E-state index contributed by atoms with van der Waals surface area (Å²) < 4.78 is 1.97. The molecule has 2 heterocycles. The van der Waals surface area contributed by atoms with Crippen molar-refractivity contribution >= 4 is 0 Å². The molecule has 1 aromatic heterocycles. The number of likely N-dealkylation sites (tertiary alicyclic amines) is 1. The fourth-order valence-electron chi connectivity index (χ4n) is 2.88. The van der Waals surface area contributed by atoms with E-state index in [-0.39, 0.29) is 0 Å². The summed E-state index contributed by atoms with van der Waals surface area (Å²) in [6.07, 6.45) is 6.53. The summed E-state index contributed by atoms with van der Waals surface area (Å²) in [5, 5.41) is 4.37. The molecule has 20 heavy (non-hydrogen) atoms. The third-order valence-corrected chi connectivity index (χ3v) is 3.94. The summed E-state index contributed by atoms with van der Waals surface area (Å²) in [5.74, 6) is 1.06. The Kier molecular flexibility index (Phi) is 4.11. The van der Waals surface area contributed by atoms with Gasteiger partial charge in [0.1, 0.15) is 12.2 Å². The van der Waals surface area contributed by atoms with Gasteiger partial charge in [-0.15, -0.1) is 0 Å². The number of benzene rings is 1. The van der Waals surface area contributed by atoms with E-state index < -0.39 is 0 Å². The standard InChI is InChI=1S/C16H22N4/c1-14-6-4-7-15(12-14)20-16(17-13-18-20)8-5-11-19-9-2-3-10-19/h4,6-7,12-13H,2-3,5,8-11H2,1H3. The van der Waals surface area contributed by atoms with Gasteiger partial charge < -0.3 is 4.90 Å². The Morgan fingerprint density at radius 1 is 1.20 bits per heavy atom. The second kappa shape index (κ2) is 6.18. The lowest BCUT2D eigenvalue weighted by Gasteiger charge is -2.14. The zero-order valence-corrected chi connectivity index (χ0v) is 12.1. The molecule has 4 heteroatoms. The van der Waals surface area contributed by atoms with Gasteiger partial charge in [0.25, 0.3) is 0 Å². The van der Waals surface area contributed by atoms with Crippen LogP contribution >= 0.6 is 0 Å². The van der Waals surface area contributed by atoms with Gasteiger partial charge in [0.2, 0.25) is 0 Å². The molecule has 0 bridgehead atoms. The zero-order valence-electron chi connectivity index (χ0n) is 12.1. The minimum Gasteiger partial charge on any atom is -0.303 e. The average Bonchev–Trinajstić information content (AvgIpc) is 3.10. The largest absolute Gasteiger partial charge is 0.303 e. The molecule has 0 aliphatic carbocycles. The topological polar surface area (TPSA) is 34.0 Å². The number of rotatable bonds is 5. The highest BCUT2D eigenvalue weighted by Crippen LogP contribution is 2.13. The smallest absolute Gasteiger partial charge is 0.138 e. The van der Waals surface area contributed by atoms with Gasteiger partial charge in [-0.2, -0.15) is 5.10 Å². The van der Waals surface area contributed by atoms with Gasteiger partial charge in [0, 0.05) is 6.42 Å². The Morgan fingerprint density at radius 2 is 2.05 bits per heavy atom. The molecule has 1 aliphatic heterocycles. The van der Waals surface area contributed by atoms with Crippen molar-refractivity contribution in [2.24, 2.45) is 0 Å². The van der Waals surface area contributed by atoms with Crippen LogP contribution in [0.5, 0.6) is 0 Å². The second-order valence-corrected chi connectivity index (χ2v) is 5.58. The molecular formula is C16H22N4. The highest BCUT2D eigenvalue weighted by molar-refractivity contribution is 5.35. The van der Waals surface area contributed by atoms with E-state index in [0.717, 1.165) is 24.4 Å². The van der Waals surface area contributed by atoms with Crippen LogP contribution in [0.25, 0.3) is 5.69 Å². The maximum Gasteiger partial charge on any atom is 0.138 e. The summed E-state index contributed by atoms with van der Waals surface area (Å²) in [5.41, 5.74) is 2.36. The first kappa shape index (κ1) is 13.3. The highest BCUT2D eigenvalue weighted by atomic mass is 15.3. The summed E-state index contributed by atoms with van der Waals surface area (Å²) in [7, 11) is 0. The van der Waals surface area contributed by atoms with Crippen molar-refractivity contribution in [3.05, 3.63) is 42.0 Å². The molecule has 106 valence electrons. The third-order valence-electron chi connectivity index (χ3n) is 3.94. The minimum absolute atomic E-state index is 0.991. The lowest BCUT2D eigenvalue weighted by molar-refractivity contribution is 0.332. The van der Waals surface area contributed by atoms with E-state index in [2.05, 4.69) is 46.2 Å². The van der Waals surface area contributed by atoms with Crippen molar-refractivity contribution in [2.75, 3.05) is 19.6 Å². The Bertz CT molecular complexity index is 555. The van der Waals surface area contributed by atoms with E-state index in [0.29, 0.717) is 0 Å². The molecule has 0 radical (unpaired) electrons. The lowest BCUT2D eigenvalue weighted by Crippen LogP contribution is -2.21. The van der Waals surface area contributed by atoms with Gasteiger partial charge in [0.15, 0.2) is 0 Å². The van der Waals surface area contributed by atoms with Gasteiger partial charge in [0.05, 0.1) is 5.69 Å². The number of nitrogens with zero attached hydrogens (tertiary/aromatic N) is 4. The van der Waals surface area contributed by atoms with E-state index in [1.807, 2.05) is 4.68 Å². The first-order chi connectivity index (χ1) is 9.83. The van der Waals surface area contributed by atoms with Crippen LogP contribution in [0, 0.1) is 6.92 Å². The van der Waals surface area contributed by atoms with E-state index in [1.54, 1.807) is 6.33 Å². The van der Waals surface area contributed by atoms with Crippen molar-refractivity contribution in [1.82, 2.24) is 19.7 Å². The SMILES string of the molecule is Cc1cccc(-n2ncnc2CCCN2CCCC2)c1. The minimum atomic E-state index is 0.991. The lowest BCUT2D eigenvalue weighted by atomic mass is 10.2. The molecule has 1 aliphatic rings. The average molecular weight is 270 g/mol. The van der Waals surface area contributed by atoms with Crippen LogP contribution < -0.4 is 0 Å². The van der Waals surface area contributed by atoms with E-state index >= 15 is 0 Å². The molecule has 2 aromatic rings. The van der Waals surface area contributed by atoms with Crippen LogP contribution in [0.1, 0.15) is 30.7 Å². The maximum atomic E-state index is 4.42. The first-order valence-corrected chi connectivity index (χ1v) is 7.51. The predicted octanol–water partition coefficient (Wildman–Crippen LogP) is 2.60. The first-order valence-electron chi connectivity index (χ1n) is 7.51. The number of aryl methyl sites for hydroxylation is 2. The zero-order chi connectivity index (χ0) is 13.8. The van der Waals surface area contributed by atoms with Crippen molar-refractivity contribution in [1.29, 1.82) is 0 Å². The molecule has 0 amide bonds. The molecule has 1 fully saturated rings. The molecule has 0 spiro atoms. The normalized spacial score (nSPS) is 15.8. The van der Waals surface area contributed by atoms with Crippen molar-refractivity contribution in [2.45, 2.75) is 32.6 Å². The Balaban J connectivity index is 1.64. The number of aromatic nitrogens is 3. The Hall–Kier alpha value is -1.68. The monoisotopic (exact) mass is 270 g/mol. The van der Waals surface area contributed by atoms with Crippen molar-refractivity contribution in [3.63, 3.8) is 0 Å². The van der Waals surface area contributed by atoms with Crippen LogP contribution in [0.3, 0.4) is 0 Å². The second-order valence-electron chi connectivity index (χ2n) is 5.58. The molecule has 0 N–H and O–H groups in total. The van der Waals surface area contributed by atoms with Gasteiger partial charge in [-0.05, 0) is 63.5 Å². The molecule has 1 saturated heterocycles. The Morgan fingerprint density at radius 3 is 2.85 bits per heavy atom. The third kappa shape index (κ3) is 3.07. The van der Waals surface area contributed by atoms with Crippen LogP contribution in [0.2, 0.25) is 0 Å². The molecule has 4 nitrogen and oxygen atoms in total. The summed E-state index contributed by atoms with van der Waals surface area (Å²) in [6, 6.07) is 8.41. The molecular weight excluding hydrogens is 248 g/mol. The fraction of sp³-hybridized carbons (Fsp3) is 0.500. The Labute approximate surface area is 120 Å². The highest BCUT2D eigenvalue weighted by Gasteiger charge is 2.12. The summed E-state index contributed by atoms with van der Waals surface area (Å²) in [4.78, 5) is 6.97. The van der Waals surface area contributed by atoms with E-state index in [9.17, 15) is 0 Å². The van der Waals surface area contributed by atoms with Crippen LogP contribution in [-0.2, 0) is 6.42 Å². The van der Waals surface area contributed by atoms with Crippen LogP contribution in [0.15, 0.2) is 30.6 Å². The maximum absolute atomic E-state index is 4.42. The number of hydrogen-bond acceptors (Lipinski definition) is 3. The summed E-state index contributed by atoms with van der Waals surface area (Å²) >= 11 is 0. The molecule has 0 atom stereocenters. The van der Waals surface area contributed by atoms with Crippen LogP contribution in [-0.4, -0.2) is 39.3 Å².